The summed E-state index contributed by atoms with van der Waals surface area (Å²) in [6.45, 7) is 4.96. The third-order valence-electron chi connectivity index (χ3n) is 3.75. The number of hydrogen-bond donors (Lipinski definition) is 2. The van der Waals surface area contributed by atoms with Crippen molar-refractivity contribution in [2.45, 2.75) is 26.4 Å². The number of phenolic OH excluding ortho intramolecular Hbond substituents is 1. The van der Waals surface area contributed by atoms with Crippen LogP contribution >= 0.6 is 0 Å². The summed E-state index contributed by atoms with van der Waals surface area (Å²) in [6.07, 6.45) is 0. The third kappa shape index (κ3) is 2.95. The van der Waals surface area contributed by atoms with Gasteiger partial charge in [0, 0.05) is 24.2 Å². The number of aromatic hydroxyl groups is 1. The van der Waals surface area contributed by atoms with Gasteiger partial charge in [-0.05, 0) is 25.5 Å². The van der Waals surface area contributed by atoms with Gasteiger partial charge in [0.25, 0.3) is 0 Å². The molecule has 0 aliphatic carbocycles. The highest BCUT2D eigenvalue weighted by Crippen LogP contribution is 2.37. The highest BCUT2D eigenvalue weighted by atomic mass is 16.7. The van der Waals surface area contributed by atoms with E-state index in [2.05, 4.69) is 43.4 Å². The van der Waals surface area contributed by atoms with Crippen molar-refractivity contribution in [1.82, 2.24) is 5.32 Å². The van der Waals surface area contributed by atoms with E-state index in [-0.39, 0.29) is 18.6 Å². The first kappa shape index (κ1) is 13.8. The van der Waals surface area contributed by atoms with Gasteiger partial charge < -0.3 is 19.9 Å². The van der Waals surface area contributed by atoms with Crippen molar-refractivity contribution in [2.75, 3.05) is 6.79 Å². The Morgan fingerprint density at radius 3 is 2.52 bits per heavy atom. The minimum Gasteiger partial charge on any atom is -0.507 e. The maximum absolute atomic E-state index is 10.0. The molecule has 0 saturated heterocycles. The number of fused-ring (bicyclic) bond motifs is 1. The number of phenols is 1. The second kappa shape index (κ2) is 5.66. The van der Waals surface area contributed by atoms with Crippen LogP contribution in [0.5, 0.6) is 17.2 Å². The highest BCUT2D eigenvalue weighted by Gasteiger charge is 2.17. The van der Waals surface area contributed by atoms with E-state index in [0.717, 1.165) is 5.56 Å². The molecule has 4 heteroatoms. The van der Waals surface area contributed by atoms with Crippen LogP contribution in [0.15, 0.2) is 36.4 Å². The summed E-state index contributed by atoms with van der Waals surface area (Å²) >= 11 is 0. The van der Waals surface area contributed by atoms with Crippen molar-refractivity contribution in [3.05, 3.63) is 53.1 Å². The Labute approximate surface area is 124 Å². The van der Waals surface area contributed by atoms with Gasteiger partial charge in [0.15, 0.2) is 11.5 Å². The van der Waals surface area contributed by atoms with Crippen molar-refractivity contribution in [3.63, 3.8) is 0 Å². The Morgan fingerprint density at radius 2 is 1.81 bits per heavy atom. The second-order valence-electron chi connectivity index (χ2n) is 5.35. The summed E-state index contributed by atoms with van der Waals surface area (Å²) in [5, 5.41) is 13.4. The summed E-state index contributed by atoms with van der Waals surface area (Å²) in [7, 11) is 0. The monoisotopic (exact) mass is 285 g/mol. The molecule has 0 aromatic heterocycles. The van der Waals surface area contributed by atoms with Crippen molar-refractivity contribution in [2.24, 2.45) is 0 Å². The molecule has 0 spiro atoms. The van der Waals surface area contributed by atoms with Gasteiger partial charge >= 0.3 is 0 Å². The van der Waals surface area contributed by atoms with E-state index in [1.165, 1.54) is 11.1 Å². The van der Waals surface area contributed by atoms with Gasteiger partial charge in [0.1, 0.15) is 5.75 Å². The molecule has 3 rings (SSSR count). The Bertz CT molecular complexity index is 637. The number of rotatable bonds is 4. The van der Waals surface area contributed by atoms with Gasteiger partial charge in [-0.15, -0.1) is 0 Å². The number of nitrogens with one attached hydrogen (secondary N) is 1. The molecule has 0 unspecified atom stereocenters. The summed E-state index contributed by atoms with van der Waals surface area (Å²) in [6, 6.07) is 12.1. The number of hydrogen-bond acceptors (Lipinski definition) is 4. The minimum atomic E-state index is 0.204. The zero-order chi connectivity index (χ0) is 14.8. The Kier molecular flexibility index (Phi) is 3.71. The summed E-state index contributed by atoms with van der Waals surface area (Å²) < 4.78 is 10.6. The number of benzene rings is 2. The van der Waals surface area contributed by atoms with Crippen LogP contribution in [0.3, 0.4) is 0 Å². The summed E-state index contributed by atoms with van der Waals surface area (Å²) in [5.74, 6) is 1.51. The van der Waals surface area contributed by atoms with Crippen LogP contribution in [0, 0.1) is 6.92 Å². The lowest BCUT2D eigenvalue weighted by Gasteiger charge is -2.15. The van der Waals surface area contributed by atoms with Crippen LogP contribution in [0.1, 0.15) is 29.7 Å². The fraction of sp³-hybridized carbons (Fsp3) is 0.294. The topological polar surface area (TPSA) is 50.7 Å². The van der Waals surface area contributed by atoms with E-state index in [1.54, 1.807) is 6.07 Å². The quantitative estimate of drug-likeness (QED) is 0.905. The normalized spacial score (nSPS) is 14.2. The van der Waals surface area contributed by atoms with Crippen LogP contribution in [0.2, 0.25) is 0 Å². The molecule has 0 bridgehead atoms. The standard InChI is InChI=1S/C17H19NO3/c1-11-3-5-13(6-4-11)12(2)18-9-14-7-16-17(8-15(14)19)21-10-20-16/h3-8,12,18-19H,9-10H2,1-2H3/t12-/m0/s1. The summed E-state index contributed by atoms with van der Waals surface area (Å²) in [5.41, 5.74) is 3.28. The largest absolute Gasteiger partial charge is 0.507 e. The van der Waals surface area contributed by atoms with E-state index in [9.17, 15) is 5.11 Å². The van der Waals surface area contributed by atoms with Crippen molar-refractivity contribution in [3.8, 4) is 17.2 Å². The molecule has 0 saturated carbocycles. The van der Waals surface area contributed by atoms with E-state index in [1.807, 2.05) is 6.07 Å². The van der Waals surface area contributed by atoms with Gasteiger partial charge in [0.05, 0.1) is 0 Å². The fourth-order valence-corrected chi connectivity index (χ4v) is 2.35. The third-order valence-corrected chi connectivity index (χ3v) is 3.75. The molecule has 1 aliphatic rings. The first-order chi connectivity index (χ1) is 10.1. The van der Waals surface area contributed by atoms with Crippen LogP contribution in [-0.4, -0.2) is 11.9 Å². The van der Waals surface area contributed by atoms with Crippen LogP contribution in [0.4, 0.5) is 0 Å². The molecule has 2 aromatic carbocycles. The summed E-state index contributed by atoms with van der Waals surface area (Å²) in [4.78, 5) is 0. The molecule has 0 radical (unpaired) electrons. The van der Waals surface area contributed by atoms with Gasteiger partial charge in [0.2, 0.25) is 6.79 Å². The Balaban J connectivity index is 1.68. The lowest BCUT2D eigenvalue weighted by Crippen LogP contribution is -2.18. The smallest absolute Gasteiger partial charge is 0.231 e. The van der Waals surface area contributed by atoms with Gasteiger partial charge in [-0.3, -0.25) is 0 Å². The van der Waals surface area contributed by atoms with Gasteiger partial charge in [-0.1, -0.05) is 29.8 Å². The Hall–Kier alpha value is -2.20. The zero-order valence-electron chi connectivity index (χ0n) is 12.2. The molecular weight excluding hydrogens is 266 g/mol. The van der Waals surface area contributed by atoms with Gasteiger partial charge in [-0.2, -0.15) is 0 Å². The number of ether oxygens (including phenoxy) is 2. The predicted molar refractivity (Wildman–Crippen MR) is 80.7 cm³/mol. The Morgan fingerprint density at radius 1 is 1.14 bits per heavy atom. The van der Waals surface area contributed by atoms with E-state index >= 15 is 0 Å². The lowest BCUT2D eigenvalue weighted by atomic mass is 10.1. The zero-order valence-corrected chi connectivity index (χ0v) is 12.2. The van der Waals surface area contributed by atoms with E-state index < -0.39 is 0 Å². The molecule has 2 aromatic rings. The maximum atomic E-state index is 10.0. The molecule has 4 nitrogen and oxygen atoms in total. The van der Waals surface area contributed by atoms with Crippen LogP contribution in [-0.2, 0) is 6.54 Å². The van der Waals surface area contributed by atoms with Crippen molar-refractivity contribution in [1.29, 1.82) is 0 Å². The second-order valence-corrected chi connectivity index (χ2v) is 5.35. The minimum absolute atomic E-state index is 0.204. The molecule has 21 heavy (non-hydrogen) atoms. The molecule has 1 aliphatic heterocycles. The van der Waals surface area contributed by atoms with Crippen molar-refractivity contribution >= 4 is 0 Å². The average Bonchev–Trinajstić information content (AvgIpc) is 2.92. The van der Waals surface area contributed by atoms with Gasteiger partial charge in [-0.25, -0.2) is 0 Å². The molecule has 1 atom stereocenters. The van der Waals surface area contributed by atoms with E-state index in [0.29, 0.717) is 18.0 Å². The molecule has 1 heterocycles. The fourth-order valence-electron chi connectivity index (χ4n) is 2.35. The highest BCUT2D eigenvalue weighted by molar-refractivity contribution is 5.51. The SMILES string of the molecule is Cc1ccc([C@H](C)NCc2cc3c(cc2O)OCO3)cc1. The predicted octanol–water partition coefficient (Wildman–Crippen LogP) is 3.28. The number of aryl methyl sites for hydroxylation is 1. The lowest BCUT2D eigenvalue weighted by molar-refractivity contribution is 0.174. The van der Waals surface area contributed by atoms with Crippen LogP contribution in [0.25, 0.3) is 0 Å². The van der Waals surface area contributed by atoms with E-state index in [4.69, 9.17) is 9.47 Å². The molecule has 0 fully saturated rings. The first-order valence-electron chi connectivity index (χ1n) is 7.05. The molecular formula is C17H19NO3. The average molecular weight is 285 g/mol. The first-order valence-corrected chi connectivity index (χ1v) is 7.05. The van der Waals surface area contributed by atoms with Crippen molar-refractivity contribution < 1.29 is 14.6 Å². The molecule has 110 valence electrons. The molecule has 0 amide bonds. The maximum Gasteiger partial charge on any atom is 0.231 e. The molecule has 2 N–H and O–H groups in total. The van der Waals surface area contributed by atoms with Crippen LogP contribution < -0.4 is 14.8 Å².